The molecule has 0 unspecified atom stereocenters. The van der Waals surface area contributed by atoms with Crippen molar-refractivity contribution >= 4 is 12.3 Å². The molecule has 0 rings (SSSR count). The van der Waals surface area contributed by atoms with Crippen LogP contribution < -0.4 is 5.32 Å². The molecule has 0 atom stereocenters. The molecule has 88 valence electrons. The quantitative estimate of drug-likeness (QED) is 0.326. The Balaban J connectivity index is 3.31. The summed E-state index contributed by atoms with van der Waals surface area (Å²) in [4.78, 5) is 22.6. The highest BCUT2D eigenvalue weighted by molar-refractivity contribution is 5.75. The third-order valence-electron chi connectivity index (χ3n) is 2.05. The van der Waals surface area contributed by atoms with E-state index in [1.165, 1.54) is 4.90 Å². The SMILES string of the molecule is CCNC(=O)CCCCCN(C=O)CO. The monoisotopic (exact) mass is 216 g/mol. The summed E-state index contributed by atoms with van der Waals surface area (Å²) in [7, 11) is 0. The number of unbranched alkanes of at least 4 members (excludes halogenated alkanes) is 2. The van der Waals surface area contributed by atoms with Gasteiger partial charge >= 0.3 is 0 Å². The minimum Gasteiger partial charge on any atom is -0.376 e. The molecule has 0 radical (unpaired) electrons. The van der Waals surface area contributed by atoms with E-state index in [0.717, 1.165) is 19.3 Å². The zero-order valence-corrected chi connectivity index (χ0v) is 9.24. The maximum absolute atomic E-state index is 11.0. The lowest BCUT2D eigenvalue weighted by molar-refractivity contribution is -0.122. The maximum atomic E-state index is 11.0. The van der Waals surface area contributed by atoms with Crippen molar-refractivity contribution < 1.29 is 14.7 Å². The average Bonchev–Trinajstić information content (AvgIpc) is 2.24. The van der Waals surface area contributed by atoms with Gasteiger partial charge in [-0.3, -0.25) is 9.59 Å². The topological polar surface area (TPSA) is 69.6 Å². The lowest BCUT2D eigenvalue weighted by Gasteiger charge is -2.12. The van der Waals surface area contributed by atoms with Crippen LogP contribution in [0.15, 0.2) is 0 Å². The first-order valence-electron chi connectivity index (χ1n) is 5.31. The van der Waals surface area contributed by atoms with Gasteiger partial charge < -0.3 is 15.3 Å². The number of carbonyl (C=O) groups is 2. The van der Waals surface area contributed by atoms with E-state index in [-0.39, 0.29) is 12.6 Å². The zero-order valence-electron chi connectivity index (χ0n) is 9.24. The summed E-state index contributed by atoms with van der Waals surface area (Å²) in [5, 5.41) is 11.4. The Morgan fingerprint density at radius 3 is 2.67 bits per heavy atom. The van der Waals surface area contributed by atoms with Crippen molar-refractivity contribution in [2.45, 2.75) is 32.6 Å². The van der Waals surface area contributed by atoms with Crippen LogP contribution in [0.25, 0.3) is 0 Å². The smallest absolute Gasteiger partial charge is 0.219 e. The van der Waals surface area contributed by atoms with Gasteiger partial charge in [0.15, 0.2) is 0 Å². The largest absolute Gasteiger partial charge is 0.376 e. The van der Waals surface area contributed by atoms with Crippen LogP contribution >= 0.6 is 0 Å². The summed E-state index contributed by atoms with van der Waals surface area (Å²) < 4.78 is 0. The summed E-state index contributed by atoms with van der Waals surface area (Å²) in [5.74, 6) is 0.0758. The summed E-state index contributed by atoms with van der Waals surface area (Å²) in [6, 6.07) is 0. The van der Waals surface area contributed by atoms with Crippen molar-refractivity contribution in [3.8, 4) is 0 Å². The minimum atomic E-state index is -0.236. The van der Waals surface area contributed by atoms with Gasteiger partial charge in [0.2, 0.25) is 12.3 Å². The van der Waals surface area contributed by atoms with Crippen LogP contribution in [-0.4, -0.2) is 42.1 Å². The molecule has 0 bridgehead atoms. The third kappa shape index (κ3) is 7.93. The van der Waals surface area contributed by atoms with E-state index in [2.05, 4.69) is 5.32 Å². The van der Waals surface area contributed by atoms with Crippen molar-refractivity contribution in [2.75, 3.05) is 19.8 Å². The van der Waals surface area contributed by atoms with E-state index < -0.39 is 0 Å². The fourth-order valence-electron chi connectivity index (χ4n) is 1.22. The Morgan fingerprint density at radius 2 is 2.13 bits per heavy atom. The summed E-state index contributed by atoms with van der Waals surface area (Å²) in [5.41, 5.74) is 0. The molecule has 0 aliphatic heterocycles. The van der Waals surface area contributed by atoms with Gasteiger partial charge in [0.1, 0.15) is 6.73 Å². The second-order valence-corrected chi connectivity index (χ2v) is 3.32. The molecule has 0 fully saturated rings. The number of aliphatic hydroxyl groups excluding tert-OH is 1. The number of rotatable bonds is 9. The van der Waals surface area contributed by atoms with E-state index in [4.69, 9.17) is 5.11 Å². The van der Waals surface area contributed by atoms with Gasteiger partial charge in [-0.15, -0.1) is 0 Å². The van der Waals surface area contributed by atoms with Crippen molar-refractivity contribution in [1.29, 1.82) is 0 Å². The predicted octanol–water partition coefficient (Wildman–Crippen LogP) is 0.0911. The molecule has 0 aliphatic carbocycles. The van der Waals surface area contributed by atoms with Gasteiger partial charge in [-0.2, -0.15) is 0 Å². The lowest BCUT2D eigenvalue weighted by Crippen LogP contribution is -2.24. The lowest BCUT2D eigenvalue weighted by atomic mass is 10.2. The normalized spacial score (nSPS) is 9.73. The van der Waals surface area contributed by atoms with Crippen LogP contribution in [0.3, 0.4) is 0 Å². The highest BCUT2D eigenvalue weighted by atomic mass is 16.3. The van der Waals surface area contributed by atoms with Crippen LogP contribution in [0.2, 0.25) is 0 Å². The molecule has 2 amide bonds. The first-order valence-corrected chi connectivity index (χ1v) is 5.31. The van der Waals surface area contributed by atoms with E-state index in [1.54, 1.807) is 0 Å². The van der Waals surface area contributed by atoms with Crippen LogP contribution in [0.5, 0.6) is 0 Å². The molecule has 0 saturated carbocycles. The third-order valence-corrected chi connectivity index (χ3v) is 2.05. The molecule has 0 aromatic carbocycles. The fraction of sp³-hybridized carbons (Fsp3) is 0.800. The van der Waals surface area contributed by atoms with Gasteiger partial charge in [-0.05, 0) is 19.8 Å². The standard InChI is InChI=1S/C10H20N2O3/c1-2-11-10(15)6-4-3-5-7-12(8-13)9-14/h8,14H,2-7,9H2,1H3,(H,11,15). The molecule has 0 spiro atoms. The van der Waals surface area contributed by atoms with E-state index in [9.17, 15) is 9.59 Å². The van der Waals surface area contributed by atoms with E-state index >= 15 is 0 Å². The highest BCUT2D eigenvalue weighted by Gasteiger charge is 2.00. The maximum Gasteiger partial charge on any atom is 0.219 e. The molecular formula is C10H20N2O3. The number of carbonyl (C=O) groups excluding carboxylic acids is 2. The van der Waals surface area contributed by atoms with Gasteiger partial charge in [0.25, 0.3) is 0 Å². The number of hydrogen-bond donors (Lipinski definition) is 2. The fourth-order valence-corrected chi connectivity index (χ4v) is 1.22. The van der Waals surface area contributed by atoms with Crippen molar-refractivity contribution in [3.63, 3.8) is 0 Å². The minimum absolute atomic E-state index is 0.0758. The number of amides is 2. The molecular weight excluding hydrogens is 196 g/mol. The van der Waals surface area contributed by atoms with Crippen molar-refractivity contribution in [3.05, 3.63) is 0 Å². The molecule has 0 aliphatic rings. The molecule has 15 heavy (non-hydrogen) atoms. The van der Waals surface area contributed by atoms with Crippen LogP contribution in [-0.2, 0) is 9.59 Å². The Labute approximate surface area is 90.5 Å². The average molecular weight is 216 g/mol. The molecule has 0 aromatic rings. The molecule has 2 N–H and O–H groups in total. The molecule has 5 heteroatoms. The van der Waals surface area contributed by atoms with Gasteiger partial charge in [-0.1, -0.05) is 6.42 Å². The van der Waals surface area contributed by atoms with Crippen molar-refractivity contribution in [2.24, 2.45) is 0 Å². The number of nitrogens with zero attached hydrogens (tertiary/aromatic N) is 1. The van der Waals surface area contributed by atoms with Crippen LogP contribution in [0.1, 0.15) is 32.6 Å². The zero-order chi connectivity index (χ0) is 11.5. The summed E-state index contributed by atoms with van der Waals surface area (Å²) in [6.07, 6.45) is 3.70. The highest BCUT2D eigenvalue weighted by Crippen LogP contribution is 2.00. The van der Waals surface area contributed by atoms with Crippen LogP contribution in [0, 0.1) is 0 Å². The first-order chi connectivity index (χ1) is 7.24. The molecule has 5 nitrogen and oxygen atoms in total. The van der Waals surface area contributed by atoms with Crippen LogP contribution in [0.4, 0.5) is 0 Å². The summed E-state index contributed by atoms with van der Waals surface area (Å²) in [6.45, 7) is 2.87. The molecule has 0 aromatic heterocycles. The summed E-state index contributed by atoms with van der Waals surface area (Å²) >= 11 is 0. The van der Waals surface area contributed by atoms with E-state index in [1.807, 2.05) is 6.92 Å². The van der Waals surface area contributed by atoms with Gasteiger partial charge in [0.05, 0.1) is 0 Å². The Hall–Kier alpha value is -1.10. The second kappa shape index (κ2) is 9.45. The Bertz CT molecular complexity index is 186. The Morgan fingerprint density at radius 1 is 1.40 bits per heavy atom. The first kappa shape index (κ1) is 13.9. The molecule has 0 saturated heterocycles. The number of aliphatic hydroxyl groups is 1. The number of nitrogens with one attached hydrogen (secondary N) is 1. The van der Waals surface area contributed by atoms with Gasteiger partial charge in [-0.25, -0.2) is 0 Å². The van der Waals surface area contributed by atoms with Crippen molar-refractivity contribution in [1.82, 2.24) is 10.2 Å². The number of hydrogen-bond acceptors (Lipinski definition) is 3. The Kier molecular flexibility index (Phi) is 8.76. The van der Waals surface area contributed by atoms with Gasteiger partial charge in [0, 0.05) is 19.5 Å². The molecule has 0 heterocycles. The van der Waals surface area contributed by atoms with E-state index in [0.29, 0.717) is 25.9 Å². The second-order valence-electron chi connectivity index (χ2n) is 3.32. The predicted molar refractivity (Wildman–Crippen MR) is 57.0 cm³/mol.